The molecule has 0 aromatic heterocycles. The molecule has 1 amide bonds. The van der Waals surface area contributed by atoms with Gasteiger partial charge in [0.2, 0.25) is 5.91 Å². The normalized spacial score (nSPS) is 28.4. The molecule has 20 heteroatoms. The van der Waals surface area contributed by atoms with Crippen molar-refractivity contribution in [2.24, 2.45) is 0 Å². The van der Waals surface area contributed by atoms with Gasteiger partial charge < -0.3 is 52.7 Å². The highest BCUT2D eigenvalue weighted by molar-refractivity contribution is 7.99. The Balaban J connectivity index is 1.63. The summed E-state index contributed by atoms with van der Waals surface area (Å²) < 4.78 is 58.3. The molecule has 3 aliphatic rings. The van der Waals surface area contributed by atoms with Gasteiger partial charge >= 0.3 is 41.8 Å². The highest BCUT2D eigenvalue weighted by atomic mass is 32.2. The Morgan fingerprint density at radius 3 is 2.05 bits per heavy atom. The predicted octanol–water partition coefficient (Wildman–Crippen LogP) is 1.81. The van der Waals surface area contributed by atoms with Crippen LogP contribution in [0.2, 0.25) is 0 Å². The molecule has 3 aliphatic heterocycles. The van der Waals surface area contributed by atoms with Gasteiger partial charge in [-0.3, -0.25) is 33.6 Å². The first-order valence-corrected chi connectivity index (χ1v) is 19.3. The zero-order valence-corrected chi connectivity index (χ0v) is 34.0. The summed E-state index contributed by atoms with van der Waals surface area (Å²) in [6, 6.07) is 11.7. The van der Waals surface area contributed by atoms with Crippen LogP contribution < -0.4 is 5.32 Å². The second kappa shape index (κ2) is 19.2. The molecule has 320 valence electrons. The number of hydrogen-bond acceptors (Lipinski definition) is 19. The molecule has 0 radical (unpaired) electrons. The maximum absolute atomic E-state index is 14.5. The van der Waals surface area contributed by atoms with Crippen LogP contribution in [0, 0.1) is 0 Å². The van der Waals surface area contributed by atoms with E-state index in [1.54, 1.807) is 0 Å². The number of esters is 7. The Bertz CT molecular complexity index is 1960. The topological polar surface area (TPSA) is 241 Å². The molecule has 0 unspecified atom stereocenters. The summed E-state index contributed by atoms with van der Waals surface area (Å²) in [5, 5.41) is 4.44. The molecule has 1 spiro atoms. The van der Waals surface area contributed by atoms with E-state index in [4.69, 9.17) is 47.4 Å². The first-order chi connectivity index (χ1) is 27.8. The zero-order chi connectivity index (χ0) is 43.2. The number of nitrogens with one attached hydrogen (secondary N) is 1. The third-order valence-corrected chi connectivity index (χ3v) is 10.3. The molecule has 0 aliphatic carbocycles. The minimum absolute atomic E-state index is 0.436. The van der Waals surface area contributed by atoms with E-state index >= 15 is 0 Å². The van der Waals surface area contributed by atoms with E-state index in [1.807, 2.05) is 42.5 Å². The fourth-order valence-corrected chi connectivity index (χ4v) is 8.23. The van der Waals surface area contributed by atoms with Crippen molar-refractivity contribution < 1.29 is 85.7 Å². The molecule has 0 bridgehead atoms. The average Bonchev–Trinajstić information content (AvgIpc) is 3.13. The van der Waals surface area contributed by atoms with Crippen LogP contribution in [0.4, 0.5) is 0 Å². The van der Waals surface area contributed by atoms with Crippen molar-refractivity contribution in [1.82, 2.24) is 5.32 Å². The number of rotatable bonds is 13. The van der Waals surface area contributed by atoms with Crippen LogP contribution in [0.15, 0.2) is 47.4 Å². The maximum atomic E-state index is 14.5. The van der Waals surface area contributed by atoms with Gasteiger partial charge in [0.15, 0.2) is 24.4 Å². The van der Waals surface area contributed by atoms with E-state index in [0.717, 1.165) is 64.1 Å². The summed E-state index contributed by atoms with van der Waals surface area (Å²) in [4.78, 5) is 102. The van der Waals surface area contributed by atoms with Crippen molar-refractivity contribution in [3.8, 4) is 0 Å². The average molecular weight is 848 g/mol. The van der Waals surface area contributed by atoms with Gasteiger partial charge in [0, 0.05) is 53.4 Å². The third kappa shape index (κ3) is 11.3. The number of fused-ring (bicyclic) bond motifs is 2. The predicted molar refractivity (Wildman–Crippen MR) is 199 cm³/mol. The van der Waals surface area contributed by atoms with Gasteiger partial charge in [-0.2, -0.15) is 0 Å². The van der Waals surface area contributed by atoms with E-state index in [0.29, 0.717) is 4.90 Å². The zero-order valence-electron chi connectivity index (χ0n) is 33.2. The van der Waals surface area contributed by atoms with E-state index in [9.17, 15) is 38.4 Å². The van der Waals surface area contributed by atoms with E-state index in [1.165, 1.54) is 6.92 Å². The Hall–Kier alpha value is -5.31. The lowest BCUT2D eigenvalue weighted by molar-refractivity contribution is -0.375. The van der Waals surface area contributed by atoms with Crippen molar-refractivity contribution in [2.75, 3.05) is 13.2 Å². The number of carbonyl (C=O) groups excluding carboxylic acids is 8. The highest BCUT2D eigenvalue weighted by Gasteiger charge is 2.66. The minimum atomic E-state index is -2.60. The first-order valence-electron chi connectivity index (χ1n) is 18.5. The van der Waals surface area contributed by atoms with Crippen molar-refractivity contribution in [2.45, 2.75) is 126 Å². The van der Waals surface area contributed by atoms with Crippen LogP contribution in [-0.4, -0.2) is 127 Å². The Morgan fingerprint density at radius 1 is 0.780 bits per heavy atom. The van der Waals surface area contributed by atoms with Crippen molar-refractivity contribution in [1.29, 1.82) is 0 Å². The molecule has 1 N–H and O–H groups in total. The molecular weight excluding hydrogens is 802 g/mol. The van der Waals surface area contributed by atoms with Crippen LogP contribution in [0.3, 0.4) is 0 Å². The molecule has 2 aromatic rings. The van der Waals surface area contributed by atoms with Crippen molar-refractivity contribution in [3.63, 3.8) is 0 Å². The van der Waals surface area contributed by atoms with Gasteiger partial charge in [0.25, 0.3) is 5.79 Å². The highest BCUT2D eigenvalue weighted by Crippen LogP contribution is 2.46. The number of ether oxygens (including phenoxy) is 10. The smallest absolute Gasteiger partial charge is 0.367 e. The molecule has 2 aromatic carbocycles. The molecule has 0 saturated carbocycles. The standard InChI is InChI=1S/C39H45NO18S/c1-18(41)40-31-28(51-21(4)44)15-39(57-34(31)32(53-23(6)46)29(52-22(5)45)16-49-19(2)42)38(48)56-36-35(58-39)33(54-24(7)47)30(17-50-20(3)43)55-37(36)59-27-13-12-25-10-8-9-11-26(25)14-27/h8-14,28-37H,15-17H2,1-7H3,(H,40,41)/t28-,29+,30+,31+,32+,33-,34+,35-,36+,37-,39-/m0/s1. The lowest BCUT2D eigenvalue weighted by Gasteiger charge is -2.55. The second-order valence-corrected chi connectivity index (χ2v) is 15.1. The quantitative estimate of drug-likeness (QED) is 0.223. The molecule has 59 heavy (non-hydrogen) atoms. The van der Waals surface area contributed by atoms with Crippen molar-refractivity contribution >= 4 is 70.2 Å². The molecule has 3 saturated heterocycles. The summed E-state index contributed by atoms with van der Waals surface area (Å²) in [6.07, 6.45) is -12.8. The van der Waals surface area contributed by atoms with Crippen LogP contribution in [-0.2, 0) is 85.7 Å². The summed E-state index contributed by atoms with van der Waals surface area (Å²) in [7, 11) is 0. The van der Waals surface area contributed by atoms with Gasteiger partial charge in [0.05, 0.1) is 12.5 Å². The third-order valence-electron chi connectivity index (χ3n) is 9.20. The van der Waals surface area contributed by atoms with Gasteiger partial charge in [-0.1, -0.05) is 42.1 Å². The summed E-state index contributed by atoms with van der Waals surface area (Å²) in [6.45, 7) is 6.46. The first kappa shape index (κ1) is 44.8. The number of carbonyl (C=O) groups is 8. The monoisotopic (exact) mass is 847 g/mol. The molecule has 11 atom stereocenters. The Kier molecular flexibility index (Phi) is 14.6. The molecule has 3 fully saturated rings. The largest absolute Gasteiger partial charge is 0.463 e. The van der Waals surface area contributed by atoms with E-state index < -0.39 is 133 Å². The fraction of sp³-hybridized carbons (Fsp3) is 0.538. The number of thioether (sulfide) groups is 1. The lowest BCUT2D eigenvalue weighted by atomic mass is 9.87. The molecule has 19 nitrogen and oxygen atoms in total. The second-order valence-electron chi connectivity index (χ2n) is 13.9. The molecular formula is C39H45NO18S. The summed E-state index contributed by atoms with van der Waals surface area (Å²) in [5.41, 5.74) is -1.09. The maximum Gasteiger partial charge on any atom is 0.367 e. The number of hydrogen-bond donors (Lipinski definition) is 1. The summed E-state index contributed by atoms with van der Waals surface area (Å²) in [5.74, 6) is -9.51. The van der Waals surface area contributed by atoms with E-state index in [2.05, 4.69) is 5.32 Å². The number of benzene rings is 2. The van der Waals surface area contributed by atoms with Crippen LogP contribution in [0.5, 0.6) is 0 Å². The fourth-order valence-electron chi connectivity index (χ4n) is 7.07. The number of amides is 1. The van der Waals surface area contributed by atoms with Gasteiger partial charge in [-0.15, -0.1) is 0 Å². The van der Waals surface area contributed by atoms with Crippen LogP contribution >= 0.6 is 11.8 Å². The summed E-state index contributed by atoms with van der Waals surface area (Å²) >= 11 is 1.14. The molecule has 5 rings (SSSR count). The van der Waals surface area contributed by atoms with Gasteiger partial charge in [-0.25, -0.2) is 4.79 Å². The van der Waals surface area contributed by atoms with Gasteiger partial charge in [-0.05, 0) is 22.9 Å². The SMILES string of the molecule is CC(=O)N[C@H]1[C@H]([C@H](OC(C)=O)[C@@H](COC(C)=O)OC(C)=O)O[C@@]2(C[C@@H]1OC(C)=O)O[C@H]1[C@@H](OC(C)=O)[C@@H](COC(C)=O)O[C@@H](Sc3ccc4ccccc4c3)[C@@H]1OC2=O. The van der Waals surface area contributed by atoms with Crippen LogP contribution in [0.1, 0.15) is 54.9 Å². The van der Waals surface area contributed by atoms with Crippen LogP contribution in [0.25, 0.3) is 10.8 Å². The molecule has 3 heterocycles. The van der Waals surface area contributed by atoms with Crippen molar-refractivity contribution in [3.05, 3.63) is 42.5 Å². The minimum Gasteiger partial charge on any atom is -0.463 e. The Labute approximate surface area is 342 Å². The lowest BCUT2D eigenvalue weighted by Crippen LogP contribution is -2.74. The Morgan fingerprint density at radius 2 is 1.44 bits per heavy atom. The van der Waals surface area contributed by atoms with E-state index in [-0.39, 0.29) is 0 Å². The van der Waals surface area contributed by atoms with Gasteiger partial charge in [0.1, 0.15) is 43.1 Å².